The number of nitrogens with two attached hydrogens (primary N) is 1. The Kier molecular flexibility index (Phi) is 4.22. The minimum atomic E-state index is -1.29. The number of halogens is 2. The van der Waals surface area contributed by atoms with E-state index < -0.39 is 34.5 Å². The average molecular weight is 395 g/mol. The number of nitrogens with zero attached hydrogens (tertiary/aromatic N) is 3. The summed E-state index contributed by atoms with van der Waals surface area (Å²) >= 11 is 0. The van der Waals surface area contributed by atoms with E-state index in [2.05, 4.69) is 15.1 Å². The van der Waals surface area contributed by atoms with E-state index in [9.17, 15) is 18.4 Å². The quantitative estimate of drug-likeness (QED) is 0.518. The number of carbonyl (C=O) groups is 2. The molecular formula is C20H15F2N5O2. The molecule has 0 saturated heterocycles. The van der Waals surface area contributed by atoms with Gasteiger partial charge >= 0.3 is 0 Å². The topological polar surface area (TPSA) is 107 Å². The predicted octanol–water partition coefficient (Wildman–Crippen LogP) is 2.88. The van der Waals surface area contributed by atoms with Crippen LogP contribution in [0.4, 0.5) is 8.78 Å². The summed E-state index contributed by atoms with van der Waals surface area (Å²) in [7, 11) is 1.77. The minimum Gasteiger partial charge on any atom is -0.366 e. The molecule has 4 aromatic rings. The Hall–Kier alpha value is -3.88. The molecule has 0 fully saturated rings. The van der Waals surface area contributed by atoms with Gasteiger partial charge in [-0.15, -0.1) is 0 Å². The molecule has 0 aliphatic heterocycles. The monoisotopic (exact) mass is 395 g/mol. The van der Waals surface area contributed by atoms with Crippen molar-refractivity contribution in [3.8, 4) is 11.3 Å². The molecule has 146 valence electrons. The number of hydrogen-bond acceptors (Lipinski definition) is 4. The lowest BCUT2D eigenvalue weighted by Gasteiger charge is -2.07. The van der Waals surface area contributed by atoms with Gasteiger partial charge < -0.3 is 10.7 Å². The lowest BCUT2D eigenvalue weighted by atomic mass is 9.99. The van der Waals surface area contributed by atoms with Crippen LogP contribution in [0.5, 0.6) is 0 Å². The standard InChI is InChI=1S/C20H15F2N5O2/c1-9-5-15(27(2)26-9)10-6-12-13(8-25-20(12)24-7-10)18(28)16-14(21)4-3-11(17(16)22)19(23)29/h3-8H,1-2H3,(H2,23,29)(H,24,25). The number of nitrogens with one attached hydrogen (secondary N) is 1. The molecule has 0 bridgehead atoms. The maximum absolute atomic E-state index is 14.6. The zero-order valence-electron chi connectivity index (χ0n) is 15.5. The van der Waals surface area contributed by atoms with Crippen LogP contribution in [-0.4, -0.2) is 31.4 Å². The molecule has 3 aromatic heterocycles. The van der Waals surface area contributed by atoms with Crippen molar-refractivity contribution in [2.75, 3.05) is 0 Å². The Morgan fingerprint density at radius 2 is 1.93 bits per heavy atom. The van der Waals surface area contributed by atoms with Gasteiger partial charge in [0.2, 0.25) is 5.78 Å². The summed E-state index contributed by atoms with van der Waals surface area (Å²) in [6.45, 7) is 1.85. The van der Waals surface area contributed by atoms with Crippen molar-refractivity contribution in [1.82, 2.24) is 19.7 Å². The number of aryl methyl sites for hydroxylation is 2. The summed E-state index contributed by atoms with van der Waals surface area (Å²) in [6, 6.07) is 5.29. The molecule has 1 amide bonds. The molecule has 3 heterocycles. The number of benzene rings is 1. The van der Waals surface area contributed by atoms with E-state index in [4.69, 9.17) is 5.73 Å². The normalized spacial score (nSPS) is 11.2. The van der Waals surface area contributed by atoms with Crippen LogP contribution in [0.15, 0.2) is 36.7 Å². The maximum Gasteiger partial charge on any atom is 0.251 e. The van der Waals surface area contributed by atoms with E-state index in [1.54, 1.807) is 24.0 Å². The zero-order valence-corrected chi connectivity index (χ0v) is 15.5. The van der Waals surface area contributed by atoms with Crippen molar-refractivity contribution in [3.63, 3.8) is 0 Å². The predicted molar refractivity (Wildman–Crippen MR) is 101 cm³/mol. The summed E-state index contributed by atoms with van der Waals surface area (Å²) < 4.78 is 30.6. The number of carbonyl (C=O) groups excluding carboxylic acids is 2. The number of pyridine rings is 1. The first-order valence-electron chi connectivity index (χ1n) is 8.58. The Morgan fingerprint density at radius 1 is 1.17 bits per heavy atom. The fourth-order valence-electron chi connectivity index (χ4n) is 3.30. The number of primary amides is 1. The number of ketones is 1. The summed E-state index contributed by atoms with van der Waals surface area (Å²) in [5.41, 5.74) is 6.36. The zero-order chi connectivity index (χ0) is 20.9. The van der Waals surface area contributed by atoms with Gasteiger partial charge in [0.15, 0.2) is 0 Å². The van der Waals surface area contributed by atoms with Gasteiger partial charge in [-0.2, -0.15) is 5.10 Å². The Morgan fingerprint density at radius 3 is 2.59 bits per heavy atom. The van der Waals surface area contributed by atoms with Gasteiger partial charge in [-0.1, -0.05) is 0 Å². The highest BCUT2D eigenvalue weighted by Gasteiger charge is 2.26. The van der Waals surface area contributed by atoms with Crippen LogP contribution >= 0.6 is 0 Å². The van der Waals surface area contributed by atoms with Crippen LogP contribution in [0.3, 0.4) is 0 Å². The number of rotatable bonds is 4. The van der Waals surface area contributed by atoms with Gasteiger partial charge in [0.05, 0.1) is 22.5 Å². The largest absolute Gasteiger partial charge is 0.366 e. The third kappa shape index (κ3) is 2.96. The molecule has 0 aliphatic rings. The fourth-order valence-corrected chi connectivity index (χ4v) is 3.30. The van der Waals surface area contributed by atoms with Gasteiger partial charge in [0.1, 0.15) is 17.3 Å². The molecular weight excluding hydrogens is 380 g/mol. The van der Waals surface area contributed by atoms with Gasteiger partial charge in [-0.3, -0.25) is 14.3 Å². The van der Waals surface area contributed by atoms with E-state index in [1.165, 1.54) is 6.20 Å². The molecule has 0 spiro atoms. The number of hydrogen-bond donors (Lipinski definition) is 2. The highest BCUT2D eigenvalue weighted by Crippen LogP contribution is 2.28. The van der Waals surface area contributed by atoms with Crippen molar-refractivity contribution >= 4 is 22.7 Å². The second kappa shape index (κ2) is 6.62. The van der Waals surface area contributed by atoms with Crippen LogP contribution in [0.25, 0.3) is 22.3 Å². The molecule has 3 N–H and O–H groups in total. The van der Waals surface area contributed by atoms with Crippen molar-refractivity contribution in [2.24, 2.45) is 12.8 Å². The van der Waals surface area contributed by atoms with Gasteiger partial charge in [-0.25, -0.2) is 13.8 Å². The molecule has 7 nitrogen and oxygen atoms in total. The van der Waals surface area contributed by atoms with Gasteiger partial charge in [0, 0.05) is 36.0 Å². The number of fused-ring (bicyclic) bond motifs is 1. The lowest BCUT2D eigenvalue weighted by Crippen LogP contribution is -2.17. The van der Waals surface area contributed by atoms with E-state index in [-0.39, 0.29) is 5.56 Å². The maximum atomic E-state index is 14.6. The third-order valence-corrected chi connectivity index (χ3v) is 4.66. The second-order valence-corrected chi connectivity index (χ2v) is 6.59. The van der Waals surface area contributed by atoms with E-state index >= 15 is 0 Å². The van der Waals surface area contributed by atoms with Crippen molar-refractivity contribution in [2.45, 2.75) is 6.92 Å². The van der Waals surface area contributed by atoms with Crippen molar-refractivity contribution < 1.29 is 18.4 Å². The Balaban J connectivity index is 1.88. The Labute approximate surface area is 163 Å². The molecule has 0 aliphatic carbocycles. The molecule has 0 atom stereocenters. The summed E-state index contributed by atoms with van der Waals surface area (Å²) in [5, 5.41) is 4.66. The summed E-state index contributed by atoms with van der Waals surface area (Å²) in [4.78, 5) is 31.4. The van der Waals surface area contributed by atoms with Crippen molar-refractivity contribution in [1.29, 1.82) is 0 Å². The first kappa shape index (κ1) is 18.5. The molecule has 0 radical (unpaired) electrons. The van der Waals surface area contributed by atoms with Crippen LogP contribution < -0.4 is 5.73 Å². The van der Waals surface area contributed by atoms with Gasteiger partial charge in [0.25, 0.3) is 5.91 Å². The van der Waals surface area contributed by atoms with Crippen LogP contribution in [-0.2, 0) is 7.05 Å². The molecule has 4 rings (SSSR count). The molecule has 0 saturated carbocycles. The van der Waals surface area contributed by atoms with Crippen LogP contribution in [0.1, 0.15) is 32.0 Å². The van der Waals surface area contributed by atoms with Crippen LogP contribution in [0.2, 0.25) is 0 Å². The first-order valence-corrected chi connectivity index (χ1v) is 8.58. The van der Waals surface area contributed by atoms with Crippen LogP contribution in [0, 0.1) is 18.6 Å². The molecule has 9 heteroatoms. The third-order valence-electron chi connectivity index (χ3n) is 4.66. The molecule has 0 unspecified atom stereocenters. The highest BCUT2D eigenvalue weighted by molar-refractivity contribution is 6.17. The van der Waals surface area contributed by atoms with E-state index in [0.717, 1.165) is 23.5 Å². The molecule has 1 aromatic carbocycles. The lowest BCUT2D eigenvalue weighted by molar-refractivity contribution is 0.0996. The number of aromatic amines is 1. The number of aromatic nitrogens is 4. The van der Waals surface area contributed by atoms with Gasteiger partial charge in [-0.05, 0) is 31.2 Å². The SMILES string of the molecule is Cc1cc(-c2cnc3[nH]cc(C(=O)c4c(F)ccc(C(N)=O)c4F)c3c2)n(C)n1. The second-order valence-electron chi connectivity index (χ2n) is 6.59. The van der Waals surface area contributed by atoms with E-state index in [0.29, 0.717) is 16.6 Å². The van der Waals surface area contributed by atoms with E-state index in [1.807, 2.05) is 13.0 Å². The summed E-state index contributed by atoms with van der Waals surface area (Å²) in [6.07, 6.45) is 2.94. The summed E-state index contributed by atoms with van der Waals surface area (Å²) in [5.74, 6) is -4.39. The highest BCUT2D eigenvalue weighted by atomic mass is 19.1. The number of amides is 1. The fraction of sp³-hybridized carbons (Fsp3) is 0.100. The average Bonchev–Trinajstić information content (AvgIpc) is 3.23. The molecule has 29 heavy (non-hydrogen) atoms. The van der Waals surface area contributed by atoms with Crippen molar-refractivity contribution in [3.05, 3.63) is 70.7 Å². The Bertz CT molecular complexity index is 1310. The first-order chi connectivity index (χ1) is 13.8. The smallest absolute Gasteiger partial charge is 0.251 e. The minimum absolute atomic E-state index is 0.0210. The number of H-pyrrole nitrogens is 1.